The SMILES string of the molecule is Cc1ccccc1CN1CCN(C(=O)C(C)NS(=O)(=O)c2ccc(Cl)cc2)CC1. The molecule has 1 N–H and O–H groups in total. The van der Waals surface area contributed by atoms with E-state index in [0.717, 1.165) is 19.6 Å². The smallest absolute Gasteiger partial charge is 0.241 e. The van der Waals surface area contributed by atoms with Crippen LogP contribution in [0.3, 0.4) is 0 Å². The first-order valence-electron chi connectivity index (χ1n) is 9.60. The van der Waals surface area contributed by atoms with Crippen molar-refractivity contribution in [3.63, 3.8) is 0 Å². The van der Waals surface area contributed by atoms with Crippen molar-refractivity contribution < 1.29 is 13.2 Å². The van der Waals surface area contributed by atoms with E-state index in [4.69, 9.17) is 11.6 Å². The van der Waals surface area contributed by atoms with Crippen LogP contribution in [0.25, 0.3) is 0 Å². The molecule has 1 atom stereocenters. The van der Waals surface area contributed by atoms with E-state index in [-0.39, 0.29) is 10.8 Å². The van der Waals surface area contributed by atoms with Crippen LogP contribution in [0.1, 0.15) is 18.1 Å². The molecule has 1 unspecified atom stereocenters. The molecule has 0 aromatic heterocycles. The van der Waals surface area contributed by atoms with Gasteiger partial charge in [0.25, 0.3) is 0 Å². The van der Waals surface area contributed by atoms with Crippen LogP contribution in [0.15, 0.2) is 53.4 Å². The number of rotatable bonds is 6. The molecule has 0 bridgehead atoms. The van der Waals surface area contributed by atoms with E-state index in [1.807, 2.05) is 12.1 Å². The molecular weight excluding hydrogens is 410 g/mol. The highest BCUT2D eigenvalue weighted by Gasteiger charge is 2.28. The van der Waals surface area contributed by atoms with Crippen molar-refractivity contribution in [1.82, 2.24) is 14.5 Å². The van der Waals surface area contributed by atoms with Gasteiger partial charge in [-0.15, -0.1) is 0 Å². The van der Waals surface area contributed by atoms with Gasteiger partial charge in [0.15, 0.2) is 0 Å². The first-order chi connectivity index (χ1) is 13.8. The molecule has 2 aromatic rings. The Bertz CT molecular complexity index is 955. The van der Waals surface area contributed by atoms with Gasteiger partial charge in [-0.25, -0.2) is 8.42 Å². The summed E-state index contributed by atoms with van der Waals surface area (Å²) in [6.07, 6.45) is 0. The second kappa shape index (κ2) is 9.26. The molecule has 0 radical (unpaired) electrons. The summed E-state index contributed by atoms with van der Waals surface area (Å²) < 4.78 is 27.5. The number of hydrogen-bond donors (Lipinski definition) is 1. The molecule has 1 heterocycles. The number of halogens is 1. The molecule has 1 aliphatic heterocycles. The van der Waals surface area contributed by atoms with Crippen LogP contribution >= 0.6 is 11.6 Å². The normalized spacial score (nSPS) is 16.6. The lowest BCUT2D eigenvalue weighted by Gasteiger charge is -2.36. The molecule has 3 rings (SSSR count). The Balaban J connectivity index is 1.54. The second-order valence-electron chi connectivity index (χ2n) is 7.32. The molecule has 1 saturated heterocycles. The van der Waals surface area contributed by atoms with Crippen molar-refractivity contribution in [2.24, 2.45) is 0 Å². The second-order valence-corrected chi connectivity index (χ2v) is 9.48. The Hall–Kier alpha value is -1.93. The number of aryl methyl sites for hydroxylation is 1. The molecule has 6 nitrogen and oxygen atoms in total. The van der Waals surface area contributed by atoms with Crippen LogP contribution in [0.4, 0.5) is 0 Å². The monoisotopic (exact) mass is 435 g/mol. The van der Waals surface area contributed by atoms with Gasteiger partial charge < -0.3 is 4.90 Å². The van der Waals surface area contributed by atoms with Crippen molar-refractivity contribution >= 4 is 27.5 Å². The van der Waals surface area contributed by atoms with Crippen molar-refractivity contribution in [1.29, 1.82) is 0 Å². The van der Waals surface area contributed by atoms with Crippen LogP contribution in [0, 0.1) is 6.92 Å². The highest BCUT2D eigenvalue weighted by Crippen LogP contribution is 2.16. The molecule has 156 valence electrons. The highest BCUT2D eigenvalue weighted by atomic mass is 35.5. The van der Waals surface area contributed by atoms with Crippen LogP contribution in [-0.4, -0.2) is 56.3 Å². The van der Waals surface area contributed by atoms with Gasteiger partial charge >= 0.3 is 0 Å². The minimum atomic E-state index is -3.78. The van der Waals surface area contributed by atoms with E-state index in [2.05, 4.69) is 28.7 Å². The van der Waals surface area contributed by atoms with Gasteiger partial charge in [0.2, 0.25) is 15.9 Å². The fourth-order valence-electron chi connectivity index (χ4n) is 3.39. The summed E-state index contributed by atoms with van der Waals surface area (Å²) in [7, 11) is -3.78. The number of piperazine rings is 1. The largest absolute Gasteiger partial charge is 0.339 e. The predicted molar refractivity (Wildman–Crippen MR) is 114 cm³/mol. The molecule has 1 aliphatic rings. The average Bonchev–Trinajstić information content (AvgIpc) is 2.70. The van der Waals surface area contributed by atoms with E-state index >= 15 is 0 Å². The number of amides is 1. The molecule has 0 saturated carbocycles. The molecule has 8 heteroatoms. The zero-order valence-electron chi connectivity index (χ0n) is 16.6. The average molecular weight is 436 g/mol. The van der Waals surface area contributed by atoms with Gasteiger partial charge in [0.1, 0.15) is 0 Å². The van der Waals surface area contributed by atoms with Crippen LogP contribution < -0.4 is 4.72 Å². The van der Waals surface area contributed by atoms with E-state index in [1.165, 1.54) is 35.4 Å². The molecular formula is C21H26ClN3O3S. The Labute approximate surface area is 177 Å². The summed E-state index contributed by atoms with van der Waals surface area (Å²) in [5.41, 5.74) is 2.55. The molecule has 1 amide bonds. The summed E-state index contributed by atoms with van der Waals surface area (Å²) in [4.78, 5) is 16.9. The van der Waals surface area contributed by atoms with E-state index in [0.29, 0.717) is 18.1 Å². The summed E-state index contributed by atoms with van der Waals surface area (Å²) in [6, 6.07) is 13.3. The van der Waals surface area contributed by atoms with E-state index in [1.54, 1.807) is 11.8 Å². The van der Waals surface area contributed by atoms with Crippen molar-refractivity contribution in [2.45, 2.75) is 31.3 Å². The van der Waals surface area contributed by atoms with Gasteiger partial charge in [-0.05, 0) is 49.2 Å². The first-order valence-corrected chi connectivity index (χ1v) is 11.5. The predicted octanol–water partition coefficient (Wildman–Crippen LogP) is 2.66. The Morgan fingerprint density at radius 2 is 1.69 bits per heavy atom. The van der Waals surface area contributed by atoms with Gasteiger partial charge in [-0.2, -0.15) is 4.72 Å². The Morgan fingerprint density at radius 1 is 1.07 bits per heavy atom. The minimum absolute atomic E-state index is 0.0876. The fourth-order valence-corrected chi connectivity index (χ4v) is 4.72. The molecule has 0 spiro atoms. The maximum atomic E-state index is 12.7. The van der Waals surface area contributed by atoms with Gasteiger partial charge in [-0.3, -0.25) is 9.69 Å². The number of carbonyl (C=O) groups excluding carboxylic acids is 1. The maximum Gasteiger partial charge on any atom is 0.241 e. The van der Waals surface area contributed by atoms with Crippen LogP contribution in [0.5, 0.6) is 0 Å². The third-order valence-electron chi connectivity index (χ3n) is 5.17. The molecule has 0 aliphatic carbocycles. The third kappa shape index (κ3) is 5.57. The Morgan fingerprint density at radius 3 is 2.31 bits per heavy atom. The summed E-state index contributed by atoms with van der Waals surface area (Å²) >= 11 is 5.81. The molecule has 29 heavy (non-hydrogen) atoms. The fraction of sp³-hybridized carbons (Fsp3) is 0.381. The highest BCUT2D eigenvalue weighted by molar-refractivity contribution is 7.89. The summed E-state index contributed by atoms with van der Waals surface area (Å²) in [5, 5.41) is 0.455. The van der Waals surface area contributed by atoms with Gasteiger partial charge in [-0.1, -0.05) is 35.9 Å². The number of nitrogens with zero attached hydrogens (tertiary/aromatic N) is 2. The van der Waals surface area contributed by atoms with Gasteiger partial charge in [0, 0.05) is 37.7 Å². The van der Waals surface area contributed by atoms with Gasteiger partial charge in [0.05, 0.1) is 10.9 Å². The topological polar surface area (TPSA) is 69.7 Å². The maximum absolute atomic E-state index is 12.7. The number of hydrogen-bond acceptors (Lipinski definition) is 4. The first kappa shape index (κ1) is 21.8. The number of carbonyl (C=O) groups is 1. The summed E-state index contributed by atoms with van der Waals surface area (Å²) in [5.74, 6) is -0.210. The standard InChI is InChI=1S/C21H26ClN3O3S/c1-16-5-3-4-6-18(16)15-24-11-13-25(14-12-24)21(26)17(2)23-29(27,28)20-9-7-19(22)8-10-20/h3-10,17,23H,11-15H2,1-2H3. The van der Waals surface area contributed by atoms with Crippen molar-refractivity contribution in [2.75, 3.05) is 26.2 Å². The lowest BCUT2D eigenvalue weighted by molar-refractivity contribution is -0.134. The van der Waals surface area contributed by atoms with Crippen LogP contribution in [-0.2, 0) is 21.4 Å². The molecule has 1 fully saturated rings. The number of benzene rings is 2. The van der Waals surface area contributed by atoms with Crippen molar-refractivity contribution in [3.8, 4) is 0 Å². The third-order valence-corrected chi connectivity index (χ3v) is 6.97. The van der Waals surface area contributed by atoms with Crippen molar-refractivity contribution in [3.05, 3.63) is 64.7 Å². The minimum Gasteiger partial charge on any atom is -0.339 e. The zero-order chi connectivity index (χ0) is 21.0. The number of sulfonamides is 1. The zero-order valence-corrected chi connectivity index (χ0v) is 18.2. The van der Waals surface area contributed by atoms with E-state index in [9.17, 15) is 13.2 Å². The Kier molecular flexibility index (Phi) is 6.95. The lowest BCUT2D eigenvalue weighted by Crippen LogP contribution is -2.53. The van der Waals surface area contributed by atoms with Crippen LogP contribution in [0.2, 0.25) is 5.02 Å². The molecule has 2 aromatic carbocycles. The lowest BCUT2D eigenvalue weighted by atomic mass is 10.1. The van der Waals surface area contributed by atoms with E-state index < -0.39 is 16.1 Å². The summed E-state index contributed by atoms with van der Waals surface area (Å²) in [6.45, 7) is 7.22. The quantitative estimate of drug-likeness (QED) is 0.757. The number of nitrogens with one attached hydrogen (secondary N) is 1.